The van der Waals surface area contributed by atoms with Gasteiger partial charge in [0.2, 0.25) is 0 Å². The maximum absolute atomic E-state index is 11.4. The van der Waals surface area contributed by atoms with Gasteiger partial charge in [-0.15, -0.1) is 0 Å². The van der Waals surface area contributed by atoms with Gasteiger partial charge >= 0.3 is 5.97 Å². The predicted octanol–water partition coefficient (Wildman–Crippen LogP) is 1.16. The van der Waals surface area contributed by atoms with Crippen molar-refractivity contribution in [3.05, 3.63) is 29.3 Å². The number of ether oxygens (including phenoxy) is 3. The molecule has 1 aromatic rings. The highest BCUT2D eigenvalue weighted by Crippen LogP contribution is 2.36. The Hall–Kier alpha value is -1.59. The summed E-state index contributed by atoms with van der Waals surface area (Å²) in [4.78, 5) is 11.4. The summed E-state index contributed by atoms with van der Waals surface area (Å²) in [5, 5.41) is 10.2. The molecule has 0 fully saturated rings. The Morgan fingerprint density at radius 3 is 2.94 bits per heavy atom. The van der Waals surface area contributed by atoms with Crippen LogP contribution in [0.25, 0.3) is 0 Å². The quantitative estimate of drug-likeness (QED) is 0.818. The Morgan fingerprint density at radius 2 is 2.28 bits per heavy atom. The second kappa shape index (κ2) is 5.37. The molecule has 1 aliphatic rings. The fourth-order valence-electron chi connectivity index (χ4n) is 2.05. The molecule has 18 heavy (non-hydrogen) atoms. The lowest BCUT2D eigenvalue weighted by molar-refractivity contribution is 0.00486. The number of carbonyl (C=O) groups excluding carboxylic acids is 1. The molecule has 0 unspecified atom stereocenters. The number of hydrogen-bond acceptors (Lipinski definition) is 5. The molecule has 0 radical (unpaired) electrons. The van der Waals surface area contributed by atoms with Gasteiger partial charge in [0, 0.05) is 18.6 Å². The van der Waals surface area contributed by atoms with Crippen molar-refractivity contribution in [2.75, 3.05) is 27.4 Å². The Balaban J connectivity index is 2.30. The molecule has 0 bridgehead atoms. The highest BCUT2D eigenvalue weighted by atomic mass is 16.5. The number of carbonyl (C=O) groups is 1. The van der Waals surface area contributed by atoms with E-state index in [1.54, 1.807) is 25.3 Å². The molecule has 0 aromatic heterocycles. The van der Waals surface area contributed by atoms with Gasteiger partial charge in [-0.25, -0.2) is 4.79 Å². The third kappa shape index (κ3) is 2.32. The van der Waals surface area contributed by atoms with Gasteiger partial charge in [0.05, 0.1) is 32.0 Å². The van der Waals surface area contributed by atoms with Crippen molar-refractivity contribution in [1.29, 1.82) is 0 Å². The first kappa shape index (κ1) is 12.9. The van der Waals surface area contributed by atoms with Gasteiger partial charge in [0.1, 0.15) is 5.75 Å². The summed E-state index contributed by atoms with van der Waals surface area (Å²) in [5.74, 6) is 0.0387. The normalized spacial score (nSPS) is 21.9. The first-order valence-corrected chi connectivity index (χ1v) is 5.69. The highest BCUT2D eigenvalue weighted by Gasteiger charge is 2.30. The minimum atomic E-state index is -0.696. The van der Waals surface area contributed by atoms with Crippen molar-refractivity contribution in [1.82, 2.24) is 0 Å². The van der Waals surface area contributed by atoms with Crippen LogP contribution in [0.15, 0.2) is 18.2 Å². The molecule has 2 rings (SSSR count). The maximum Gasteiger partial charge on any atom is 0.337 e. The topological polar surface area (TPSA) is 65.0 Å². The van der Waals surface area contributed by atoms with Gasteiger partial charge in [-0.1, -0.05) is 0 Å². The van der Waals surface area contributed by atoms with Crippen LogP contribution in [0.3, 0.4) is 0 Å². The molecule has 0 amide bonds. The fraction of sp³-hybridized carbons (Fsp3) is 0.462. The largest absolute Gasteiger partial charge is 0.493 e. The van der Waals surface area contributed by atoms with Crippen LogP contribution in [0.4, 0.5) is 0 Å². The highest BCUT2D eigenvalue weighted by molar-refractivity contribution is 5.89. The number of esters is 1. The van der Waals surface area contributed by atoms with E-state index in [-0.39, 0.29) is 5.92 Å². The lowest BCUT2D eigenvalue weighted by Gasteiger charge is -2.30. The molecule has 1 heterocycles. The molecule has 1 N–H and O–H groups in total. The van der Waals surface area contributed by atoms with E-state index < -0.39 is 12.1 Å². The number of aliphatic hydroxyl groups is 1. The summed E-state index contributed by atoms with van der Waals surface area (Å²) in [6.45, 7) is 0.808. The molecule has 98 valence electrons. The van der Waals surface area contributed by atoms with E-state index in [0.29, 0.717) is 30.1 Å². The molecule has 1 aromatic carbocycles. The smallest absolute Gasteiger partial charge is 0.337 e. The van der Waals surface area contributed by atoms with E-state index in [1.165, 1.54) is 7.11 Å². The van der Waals surface area contributed by atoms with E-state index in [2.05, 4.69) is 4.74 Å². The van der Waals surface area contributed by atoms with E-state index in [1.807, 2.05) is 0 Å². The lowest BCUT2D eigenvalue weighted by Crippen LogP contribution is -2.29. The van der Waals surface area contributed by atoms with Crippen LogP contribution in [0, 0.1) is 5.92 Å². The minimum Gasteiger partial charge on any atom is -0.493 e. The number of fused-ring (bicyclic) bond motifs is 1. The number of benzene rings is 1. The van der Waals surface area contributed by atoms with E-state index in [9.17, 15) is 9.90 Å². The van der Waals surface area contributed by atoms with Gasteiger partial charge in [0.25, 0.3) is 0 Å². The first-order valence-electron chi connectivity index (χ1n) is 5.69. The number of aliphatic hydroxyl groups excluding tert-OH is 1. The van der Waals surface area contributed by atoms with Gasteiger partial charge in [-0.3, -0.25) is 0 Å². The van der Waals surface area contributed by atoms with Crippen molar-refractivity contribution < 1.29 is 24.1 Å². The van der Waals surface area contributed by atoms with E-state index in [4.69, 9.17) is 9.47 Å². The standard InChI is InChI=1S/C13H16O5/c1-16-6-9-7-18-11-4-3-8(13(15)17-2)5-10(11)12(9)14/h3-5,9,12,14H,6-7H2,1-2H3/t9-,12+/m1/s1. The fourth-order valence-corrected chi connectivity index (χ4v) is 2.05. The zero-order valence-corrected chi connectivity index (χ0v) is 10.4. The Bertz CT molecular complexity index is 443. The average molecular weight is 252 g/mol. The Morgan fingerprint density at radius 1 is 1.50 bits per heavy atom. The second-order valence-electron chi connectivity index (χ2n) is 4.22. The number of methoxy groups -OCH3 is 2. The van der Waals surface area contributed by atoms with Gasteiger partial charge in [0.15, 0.2) is 0 Å². The Kier molecular flexibility index (Phi) is 3.84. The van der Waals surface area contributed by atoms with Crippen molar-refractivity contribution in [3.8, 4) is 5.75 Å². The Labute approximate surface area is 105 Å². The molecule has 2 atom stereocenters. The van der Waals surface area contributed by atoms with Gasteiger partial charge in [-0.2, -0.15) is 0 Å². The molecule has 0 aliphatic carbocycles. The second-order valence-corrected chi connectivity index (χ2v) is 4.22. The van der Waals surface area contributed by atoms with Crippen LogP contribution in [0.1, 0.15) is 22.0 Å². The van der Waals surface area contributed by atoms with E-state index in [0.717, 1.165) is 0 Å². The lowest BCUT2D eigenvalue weighted by atomic mass is 9.92. The summed E-state index contributed by atoms with van der Waals surface area (Å²) in [6.07, 6.45) is -0.696. The van der Waals surface area contributed by atoms with Crippen molar-refractivity contribution in [2.45, 2.75) is 6.10 Å². The molecule has 5 heteroatoms. The van der Waals surface area contributed by atoms with Crippen LogP contribution >= 0.6 is 0 Å². The first-order chi connectivity index (χ1) is 8.67. The molecule has 1 aliphatic heterocycles. The maximum atomic E-state index is 11.4. The van der Waals surface area contributed by atoms with Crippen LogP contribution in [-0.4, -0.2) is 38.5 Å². The summed E-state index contributed by atoms with van der Waals surface area (Å²) in [7, 11) is 2.90. The third-order valence-corrected chi connectivity index (χ3v) is 3.03. The zero-order chi connectivity index (χ0) is 13.1. The van der Waals surface area contributed by atoms with Crippen molar-refractivity contribution in [3.63, 3.8) is 0 Å². The van der Waals surface area contributed by atoms with Crippen LogP contribution in [0.2, 0.25) is 0 Å². The van der Waals surface area contributed by atoms with Crippen molar-refractivity contribution >= 4 is 5.97 Å². The van der Waals surface area contributed by atoms with E-state index >= 15 is 0 Å². The predicted molar refractivity (Wildman–Crippen MR) is 63.6 cm³/mol. The molecular formula is C13H16O5. The van der Waals surface area contributed by atoms with Crippen LogP contribution < -0.4 is 4.74 Å². The van der Waals surface area contributed by atoms with Crippen LogP contribution in [0.5, 0.6) is 5.75 Å². The van der Waals surface area contributed by atoms with Crippen LogP contribution in [-0.2, 0) is 9.47 Å². The average Bonchev–Trinajstić information content (AvgIpc) is 2.41. The van der Waals surface area contributed by atoms with Gasteiger partial charge < -0.3 is 19.3 Å². The van der Waals surface area contributed by atoms with Crippen molar-refractivity contribution in [2.24, 2.45) is 5.92 Å². The SMILES string of the molecule is COC[C@@H]1COc2ccc(C(=O)OC)cc2[C@H]1O. The summed E-state index contributed by atoms with van der Waals surface area (Å²) in [6, 6.07) is 4.90. The summed E-state index contributed by atoms with van der Waals surface area (Å²) in [5.41, 5.74) is 1.00. The van der Waals surface area contributed by atoms with Gasteiger partial charge in [-0.05, 0) is 18.2 Å². The summed E-state index contributed by atoms with van der Waals surface area (Å²) < 4.78 is 15.2. The molecule has 0 saturated heterocycles. The molecular weight excluding hydrogens is 236 g/mol. The summed E-state index contributed by atoms with van der Waals surface area (Å²) >= 11 is 0. The zero-order valence-electron chi connectivity index (χ0n) is 10.4. The molecule has 0 spiro atoms. The molecule has 0 saturated carbocycles. The number of hydrogen-bond donors (Lipinski definition) is 1. The monoisotopic (exact) mass is 252 g/mol. The molecule has 5 nitrogen and oxygen atoms in total. The minimum absolute atomic E-state index is 0.129. The third-order valence-electron chi connectivity index (χ3n) is 3.03. The number of rotatable bonds is 3.